The lowest BCUT2D eigenvalue weighted by Crippen LogP contribution is -2.35. The van der Waals surface area contributed by atoms with Crippen LogP contribution in [-0.2, 0) is 4.79 Å². The first kappa shape index (κ1) is 15.7. The highest BCUT2D eigenvalue weighted by molar-refractivity contribution is 6.32. The van der Waals surface area contributed by atoms with Gasteiger partial charge in [-0.3, -0.25) is 9.69 Å². The van der Waals surface area contributed by atoms with Gasteiger partial charge in [0.15, 0.2) is 0 Å². The van der Waals surface area contributed by atoms with Crippen molar-refractivity contribution in [2.45, 2.75) is 6.42 Å². The number of anilines is 1. The van der Waals surface area contributed by atoms with Crippen LogP contribution < -0.4 is 14.8 Å². The predicted octanol–water partition coefficient (Wildman–Crippen LogP) is 2.56. The van der Waals surface area contributed by atoms with Crippen molar-refractivity contribution in [1.82, 2.24) is 4.90 Å². The van der Waals surface area contributed by atoms with Crippen LogP contribution in [0, 0.1) is 0 Å². The highest BCUT2D eigenvalue weighted by Gasteiger charge is 2.15. The normalized spacial score (nSPS) is 14.8. The summed E-state index contributed by atoms with van der Waals surface area (Å²) in [5.74, 6) is 0.911. The van der Waals surface area contributed by atoms with Crippen LogP contribution in [0.1, 0.15) is 6.42 Å². The maximum Gasteiger partial charge on any atom is 0.238 e. The maximum atomic E-state index is 12.1. The summed E-state index contributed by atoms with van der Waals surface area (Å²) in [5.41, 5.74) is 0.552. The van der Waals surface area contributed by atoms with Gasteiger partial charge < -0.3 is 14.8 Å². The van der Waals surface area contributed by atoms with Gasteiger partial charge in [-0.2, -0.15) is 0 Å². The van der Waals surface area contributed by atoms with E-state index in [-0.39, 0.29) is 5.91 Å². The fourth-order valence-corrected chi connectivity index (χ4v) is 2.42. The third-order valence-electron chi connectivity index (χ3n) is 3.26. The Bertz CT molecular complexity index is 546. The summed E-state index contributed by atoms with van der Waals surface area (Å²) in [6, 6.07) is 3.29. The molecule has 21 heavy (non-hydrogen) atoms. The number of carbonyl (C=O) groups is 1. The topological polar surface area (TPSA) is 50.8 Å². The van der Waals surface area contributed by atoms with E-state index in [9.17, 15) is 4.79 Å². The van der Waals surface area contributed by atoms with E-state index >= 15 is 0 Å². The van der Waals surface area contributed by atoms with Gasteiger partial charge in [-0.1, -0.05) is 23.8 Å². The molecule has 1 amide bonds. The molecule has 6 heteroatoms. The zero-order chi connectivity index (χ0) is 15.2. The third-order valence-corrected chi connectivity index (χ3v) is 3.55. The first-order valence-corrected chi connectivity index (χ1v) is 7.10. The second kappa shape index (κ2) is 7.33. The number of hydrogen-bond acceptors (Lipinski definition) is 4. The molecule has 1 aromatic carbocycles. The first-order chi connectivity index (χ1) is 10.1. The minimum atomic E-state index is -0.0898. The molecule has 2 rings (SSSR count). The molecule has 0 spiro atoms. The molecular weight excluding hydrogens is 292 g/mol. The quantitative estimate of drug-likeness (QED) is 0.849. The van der Waals surface area contributed by atoms with E-state index in [4.69, 9.17) is 21.1 Å². The number of methoxy groups -OCH3 is 2. The number of nitrogens with one attached hydrogen (secondary N) is 1. The molecule has 5 nitrogen and oxygen atoms in total. The van der Waals surface area contributed by atoms with E-state index in [2.05, 4.69) is 22.4 Å². The SMILES string of the molecule is COc1cc(NC(=O)CN2CC=CCC2)c(OC)cc1Cl. The van der Waals surface area contributed by atoms with E-state index < -0.39 is 0 Å². The van der Waals surface area contributed by atoms with E-state index in [1.807, 2.05) is 0 Å². The van der Waals surface area contributed by atoms with Crippen LogP contribution in [0.5, 0.6) is 11.5 Å². The largest absolute Gasteiger partial charge is 0.495 e. The smallest absolute Gasteiger partial charge is 0.238 e. The summed E-state index contributed by atoms with van der Waals surface area (Å²) in [4.78, 5) is 14.2. The molecule has 1 aliphatic rings. The molecule has 0 fully saturated rings. The molecule has 0 saturated carbocycles. The molecule has 0 aliphatic carbocycles. The Morgan fingerprint density at radius 2 is 2.05 bits per heavy atom. The number of amides is 1. The van der Waals surface area contributed by atoms with Crippen molar-refractivity contribution in [2.75, 3.05) is 39.2 Å². The molecule has 0 saturated heterocycles. The molecule has 0 aromatic heterocycles. The van der Waals surface area contributed by atoms with E-state index in [0.29, 0.717) is 28.8 Å². The van der Waals surface area contributed by atoms with E-state index in [1.165, 1.54) is 14.2 Å². The molecule has 0 bridgehead atoms. The van der Waals surface area contributed by atoms with Crippen LogP contribution in [0.3, 0.4) is 0 Å². The summed E-state index contributed by atoms with van der Waals surface area (Å²) in [6.07, 6.45) is 5.18. The van der Waals surface area contributed by atoms with Crippen molar-refractivity contribution < 1.29 is 14.3 Å². The molecule has 1 aromatic rings. The number of rotatable bonds is 5. The maximum absolute atomic E-state index is 12.1. The molecule has 114 valence electrons. The zero-order valence-electron chi connectivity index (χ0n) is 12.2. The number of nitrogens with zero attached hydrogens (tertiary/aromatic N) is 1. The van der Waals surface area contributed by atoms with Crippen LogP contribution in [-0.4, -0.2) is 44.7 Å². The molecule has 1 N–H and O–H groups in total. The van der Waals surface area contributed by atoms with Gasteiger partial charge in [0.05, 0.1) is 31.5 Å². The van der Waals surface area contributed by atoms with Crippen molar-refractivity contribution in [3.05, 3.63) is 29.3 Å². The van der Waals surface area contributed by atoms with E-state index in [1.54, 1.807) is 12.1 Å². The molecular formula is C15H19ClN2O3. The minimum Gasteiger partial charge on any atom is -0.495 e. The number of hydrogen-bond donors (Lipinski definition) is 1. The average molecular weight is 311 g/mol. The predicted molar refractivity (Wildman–Crippen MR) is 83.4 cm³/mol. The van der Waals surface area contributed by atoms with Crippen molar-refractivity contribution in [1.29, 1.82) is 0 Å². The second-order valence-electron chi connectivity index (χ2n) is 4.73. The number of benzene rings is 1. The van der Waals surface area contributed by atoms with Crippen LogP contribution in [0.25, 0.3) is 0 Å². The van der Waals surface area contributed by atoms with Gasteiger partial charge >= 0.3 is 0 Å². The highest BCUT2D eigenvalue weighted by Crippen LogP contribution is 2.35. The lowest BCUT2D eigenvalue weighted by Gasteiger charge is -2.22. The lowest BCUT2D eigenvalue weighted by atomic mass is 10.2. The van der Waals surface area contributed by atoms with Gasteiger partial charge in [0.25, 0.3) is 0 Å². The van der Waals surface area contributed by atoms with Crippen molar-refractivity contribution in [3.8, 4) is 11.5 Å². The fraction of sp³-hybridized carbons (Fsp3) is 0.400. The van der Waals surface area contributed by atoms with Gasteiger partial charge in [-0.05, 0) is 6.42 Å². The van der Waals surface area contributed by atoms with Crippen molar-refractivity contribution in [3.63, 3.8) is 0 Å². The van der Waals surface area contributed by atoms with Gasteiger partial charge in [0.1, 0.15) is 11.5 Å². The molecule has 0 radical (unpaired) electrons. The van der Waals surface area contributed by atoms with Gasteiger partial charge in [-0.25, -0.2) is 0 Å². The van der Waals surface area contributed by atoms with Crippen LogP contribution in [0.15, 0.2) is 24.3 Å². The fourth-order valence-electron chi connectivity index (χ4n) is 2.18. The van der Waals surface area contributed by atoms with Crippen molar-refractivity contribution in [2.24, 2.45) is 0 Å². The molecule has 1 aliphatic heterocycles. The van der Waals surface area contributed by atoms with Crippen LogP contribution in [0.2, 0.25) is 5.02 Å². The summed E-state index contributed by atoms with van der Waals surface area (Å²) >= 11 is 6.04. The first-order valence-electron chi connectivity index (χ1n) is 6.72. The summed E-state index contributed by atoms with van der Waals surface area (Å²) in [7, 11) is 3.06. The monoisotopic (exact) mass is 310 g/mol. The Balaban J connectivity index is 2.07. The Kier molecular flexibility index (Phi) is 5.47. The van der Waals surface area contributed by atoms with Gasteiger partial charge in [0.2, 0.25) is 5.91 Å². The Morgan fingerprint density at radius 1 is 1.29 bits per heavy atom. The zero-order valence-corrected chi connectivity index (χ0v) is 12.9. The van der Waals surface area contributed by atoms with Crippen LogP contribution in [0.4, 0.5) is 5.69 Å². The summed E-state index contributed by atoms with van der Waals surface area (Å²) in [6.45, 7) is 2.04. The Morgan fingerprint density at radius 3 is 2.67 bits per heavy atom. The standard InChI is InChI=1S/C15H19ClN2O3/c1-20-13-9-12(14(21-2)8-11(13)16)17-15(19)10-18-6-4-3-5-7-18/h3-4,8-9H,5-7,10H2,1-2H3,(H,17,19). The number of carbonyl (C=O) groups excluding carboxylic acids is 1. The molecule has 0 atom stereocenters. The van der Waals surface area contributed by atoms with E-state index in [0.717, 1.165) is 19.5 Å². The highest BCUT2D eigenvalue weighted by atomic mass is 35.5. The van der Waals surface area contributed by atoms with Crippen LogP contribution >= 0.6 is 11.6 Å². The number of ether oxygens (including phenoxy) is 2. The van der Waals surface area contributed by atoms with Gasteiger partial charge in [0, 0.05) is 25.2 Å². The third kappa shape index (κ3) is 4.12. The summed E-state index contributed by atoms with van der Waals surface area (Å²) < 4.78 is 10.4. The average Bonchev–Trinajstić information content (AvgIpc) is 2.49. The molecule has 0 unspecified atom stereocenters. The van der Waals surface area contributed by atoms with Crippen molar-refractivity contribution >= 4 is 23.2 Å². The molecule has 1 heterocycles. The Labute approximate surface area is 129 Å². The Hall–Kier alpha value is -1.72. The summed E-state index contributed by atoms with van der Waals surface area (Å²) in [5, 5.41) is 3.28. The number of halogens is 1. The lowest BCUT2D eigenvalue weighted by molar-refractivity contribution is -0.117. The van der Waals surface area contributed by atoms with Gasteiger partial charge in [-0.15, -0.1) is 0 Å². The second-order valence-corrected chi connectivity index (χ2v) is 5.14. The minimum absolute atomic E-state index is 0.0898.